The summed E-state index contributed by atoms with van der Waals surface area (Å²) in [6.45, 7) is 3.51. The Hall–Kier alpha value is -3.19. The van der Waals surface area contributed by atoms with Crippen molar-refractivity contribution in [3.8, 4) is 23.0 Å². The molecule has 0 aliphatic rings. The maximum absolute atomic E-state index is 11.7. The van der Waals surface area contributed by atoms with E-state index in [2.05, 4.69) is 11.9 Å². The van der Waals surface area contributed by atoms with E-state index in [0.29, 0.717) is 45.4 Å². The number of methoxy groups -OCH3 is 4. The Morgan fingerprint density at radius 3 is 2.11 bits per heavy atom. The van der Waals surface area contributed by atoms with Crippen molar-refractivity contribution in [2.45, 2.75) is 0 Å². The third-order valence-corrected chi connectivity index (χ3v) is 3.98. The van der Waals surface area contributed by atoms with Gasteiger partial charge < -0.3 is 29.4 Å². The van der Waals surface area contributed by atoms with Crippen LogP contribution in [-0.2, 0) is 4.79 Å². The number of carbonyl (C=O) groups excluding carboxylic acids is 1. The van der Waals surface area contributed by atoms with Crippen molar-refractivity contribution in [1.82, 2.24) is 0 Å². The van der Waals surface area contributed by atoms with E-state index in [1.165, 1.54) is 28.4 Å². The molecule has 2 aromatic carbocycles. The zero-order valence-corrected chi connectivity index (χ0v) is 15.8. The Balaban J connectivity index is 2.55. The maximum Gasteiger partial charge on any atom is 0.250 e. The van der Waals surface area contributed by atoms with Crippen LogP contribution in [0.4, 0.5) is 5.69 Å². The first-order chi connectivity index (χ1) is 13.0. The number of amides is 1. The summed E-state index contributed by atoms with van der Waals surface area (Å²) < 4.78 is 21.3. The first-order valence-corrected chi connectivity index (χ1v) is 8.07. The summed E-state index contributed by atoms with van der Waals surface area (Å²) >= 11 is 0. The van der Waals surface area contributed by atoms with E-state index in [1.54, 1.807) is 30.3 Å². The van der Waals surface area contributed by atoms with Gasteiger partial charge in [0.2, 0.25) is 11.7 Å². The minimum Gasteiger partial charge on any atom is -0.497 e. The first kappa shape index (κ1) is 20.1. The van der Waals surface area contributed by atoms with Crippen molar-refractivity contribution >= 4 is 17.2 Å². The van der Waals surface area contributed by atoms with Crippen LogP contribution in [0.25, 0.3) is 5.57 Å². The smallest absolute Gasteiger partial charge is 0.250 e. The second-order valence-corrected chi connectivity index (χ2v) is 5.51. The van der Waals surface area contributed by atoms with Gasteiger partial charge in [0.05, 0.1) is 34.1 Å². The van der Waals surface area contributed by atoms with E-state index >= 15 is 0 Å². The van der Waals surface area contributed by atoms with Crippen molar-refractivity contribution in [2.24, 2.45) is 0 Å². The Morgan fingerprint density at radius 1 is 1.00 bits per heavy atom. The average molecular weight is 373 g/mol. The summed E-state index contributed by atoms with van der Waals surface area (Å²) in [6.07, 6.45) is 0. The number of aliphatic hydroxyl groups excluding tert-OH is 1. The van der Waals surface area contributed by atoms with E-state index in [-0.39, 0.29) is 0 Å². The number of carbonyl (C=O) groups is 1. The van der Waals surface area contributed by atoms with Gasteiger partial charge in [-0.25, -0.2) is 0 Å². The number of hydrogen-bond acceptors (Lipinski definition) is 6. The highest BCUT2D eigenvalue weighted by Gasteiger charge is 2.17. The molecule has 7 nitrogen and oxygen atoms in total. The third kappa shape index (κ3) is 4.32. The van der Waals surface area contributed by atoms with Crippen molar-refractivity contribution in [3.63, 3.8) is 0 Å². The van der Waals surface area contributed by atoms with Crippen LogP contribution in [0.1, 0.15) is 11.1 Å². The monoisotopic (exact) mass is 373 g/mol. The molecule has 2 aromatic rings. The molecule has 2 N–H and O–H groups in total. The molecule has 0 atom stereocenters. The lowest BCUT2D eigenvalue weighted by Crippen LogP contribution is -2.16. The van der Waals surface area contributed by atoms with Crippen molar-refractivity contribution in [1.29, 1.82) is 0 Å². The highest BCUT2D eigenvalue weighted by molar-refractivity contribution is 5.97. The van der Waals surface area contributed by atoms with Gasteiger partial charge in [0, 0.05) is 11.6 Å². The molecule has 0 aliphatic carbocycles. The average Bonchev–Trinajstić information content (AvgIpc) is 2.71. The first-order valence-electron chi connectivity index (χ1n) is 8.07. The number of benzene rings is 2. The topological polar surface area (TPSA) is 86.3 Å². The van der Waals surface area contributed by atoms with Crippen LogP contribution in [0.2, 0.25) is 0 Å². The molecule has 0 radical (unpaired) electrons. The van der Waals surface area contributed by atoms with Gasteiger partial charge in [0.25, 0.3) is 0 Å². The summed E-state index contributed by atoms with van der Waals surface area (Å²) in [6, 6.07) is 8.73. The SMILES string of the molecule is C=C(c1cc(OC)c(OC)c(OC)c1)c1ccc(OC)cc1NC(=O)CO. The number of ether oxygens (including phenoxy) is 4. The van der Waals surface area contributed by atoms with E-state index in [0.717, 1.165) is 0 Å². The predicted molar refractivity (Wildman–Crippen MR) is 103 cm³/mol. The Labute approximate surface area is 158 Å². The molecule has 0 saturated carbocycles. The van der Waals surface area contributed by atoms with Crippen LogP contribution in [-0.4, -0.2) is 46.1 Å². The molecule has 0 bridgehead atoms. The maximum atomic E-state index is 11.7. The molecule has 2 rings (SSSR count). The lowest BCUT2D eigenvalue weighted by molar-refractivity contribution is -0.118. The fourth-order valence-corrected chi connectivity index (χ4v) is 2.62. The van der Waals surface area contributed by atoms with Crippen LogP contribution >= 0.6 is 0 Å². The number of anilines is 1. The predicted octanol–water partition coefficient (Wildman–Crippen LogP) is 2.71. The Bertz CT molecular complexity index is 821. The summed E-state index contributed by atoms with van der Waals surface area (Å²) in [5.41, 5.74) is 2.46. The molecular formula is C20H23NO6. The molecule has 0 heterocycles. The third-order valence-electron chi connectivity index (χ3n) is 3.98. The van der Waals surface area contributed by atoms with Crippen molar-refractivity contribution in [3.05, 3.63) is 48.0 Å². The van der Waals surface area contributed by atoms with Crippen molar-refractivity contribution in [2.75, 3.05) is 40.4 Å². The molecular weight excluding hydrogens is 350 g/mol. The van der Waals surface area contributed by atoms with Gasteiger partial charge in [-0.3, -0.25) is 4.79 Å². The minimum atomic E-state index is -0.632. The van der Waals surface area contributed by atoms with Gasteiger partial charge in [0.15, 0.2) is 11.5 Å². The zero-order chi connectivity index (χ0) is 20.0. The lowest BCUT2D eigenvalue weighted by Gasteiger charge is -2.17. The Kier molecular flexibility index (Phi) is 6.67. The van der Waals surface area contributed by atoms with Crippen LogP contribution in [0.5, 0.6) is 23.0 Å². The van der Waals surface area contributed by atoms with E-state index in [9.17, 15) is 4.79 Å². The molecule has 0 saturated heterocycles. The quantitative estimate of drug-likeness (QED) is 0.740. The van der Waals surface area contributed by atoms with Crippen LogP contribution in [0, 0.1) is 0 Å². The van der Waals surface area contributed by atoms with Crippen LogP contribution < -0.4 is 24.3 Å². The second-order valence-electron chi connectivity index (χ2n) is 5.51. The summed E-state index contributed by atoms with van der Waals surface area (Å²) in [5, 5.41) is 11.7. The molecule has 0 spiro atoms. The summed E-state index contributed by atoms with van der Waals surface area (Å²) in [4.78, 5) is 11.7. The molecule has 0 unspecified atom stereocenters. The van der Waals surface area contributed by atoms with Gasteiger partial charge in [0.1, 0.15) is 12.4 Å². The Morgan fingerprint density at radius 2 is 1.63 bits per heavy atom. The van der Waals surface area contributed by atoms with E-state index in [4.69, 9.17) is 24.1 Å². The normalized spacial score (nSPS) is 10.1. The fourth-order valence-electron chi connectivity index (χ4n) is 2.62. The van der Waals surface area contributed by atoms with Crippen molar-refractivity contribution < 1.29 is 28.8 Å². The molecule has 0 fully saturated rings. The number of rotatable bonds is 8. The molecule has 1 amide bonds. The molecule has 144 valence electrons. The lowest BCUT2D eigenvalue weighted by atomic mass is 9.97. The highest BCUT2D eigenvalue weighted by Crippen LogP contribution is 2.41. The van der Waals surface area contributed by atoms with Gasteiger partial charge >= 0.3 is 0 Å². The molecule has 0 aliphatic heterocycles. The second kappa shape index (κ2) is 8.95. The van der Waals surface area contributed by atoms with Gasteiger partial charge in [-0.1, -0.05) is 6.58 Å². The van der Waals surface area contributed by atoms with Gasteiger partial charge in [-0.2, -0.15) is 0 Å². The molecule has 27 heavy (non-hydrogen) atoms. The number of hydrogen-bond donors (Lipinski definition) is 2. The van der Waals surface area contributed by atoms with Gasteiger partial charge in [-0.15, -0.1) is 0 Å². The summed E-state index contributed by atoms with van der Waals surface area (Å²) in [7, 11) is 6.12. The largest absolute Gasteiger partial charge is 0.497 e. The zero-order valence-electron chi connectivity index (χ0n) is 15.8. The number of aliphatic hydroxyl groups is 1. The number of nitrogens with one attached hydrogen (secondary N) is 1. The van der Waals surface area contributed by atoms with Crippen LogP contribution in [0.3, 0.4) is 0 Å². The summed E-state index contributed by atoms with van der Waals surface area (Å²) in [5.74, 6) is 1.47. The minimum absolute atomic E-state index is 0.465. The van der Waals surface area contributed by atoms with Gasteiger partial charge in [-0.05, 0) is 35.4 Å². The standard InChI is InChI=1S/C20H23NO6/c1-12(13-8-17(25-3)20(27-5)18(9-13)26-4)15-7-6-14(24-2)10-16(15)21-19(23)11-22/h6-10,22H,1,11H2,2-5H3,(H,21,23). The highest BCUT2D eigenvalue weighted by atomic mass is 16.5. The molecule has 7 heteroatoms. The fraction of sp³-hybridized carbons (Fsp3) is 0.250. The molecule has 0 aromatic heterocycles. The van der Waals surface area contributed by atoms with E-state index in [1.807, 2.05) is 0 Å². The van der Waals surface area contributed by atoms with Crippen LogP contribution in [0.15, 0.2) is 36.9 Å². The van der Waals surface area contributed by atoms with E-state index < -0.39 is 12.5 Å².